The molecule has 0 aliphatic carbocycles. The van der Waals surface area contributed by atoms with Crippen molar-refractivity contribution in [3.8, 4) is 17.1 Å². The van der Waals surface area contributed by atoms with Gasteiger partial charge in [0, 0.05) is 5.56 Å². The van der Waals surface area contributed by atoms with E-state index in [1.165, 1.54) is 12.1 Å². The summed E-state index contributed by atoms with van der Waals surface area (Å²) in [5.74, 6) is -0.604. The molecule has 0 fully saturated rings. The van der Waals surface area contributed by atoms with E-state index in [1.54, 1.807) is 0 Å². The van der Waals surface area contributed by atoms with Gasteiger partial charge in [-0.2, -0.15) is 4.98 Å². The molecule has 0 radical (unpaired) electrons. The highest BCUT2D eigenvalue weighted by Gasteiger charge is 2.32. The lowest BCUT2D eigenvalue weighted by molar-refractivity contribution is -0.274. The van der Waals surface area contributed by atoms with E-state index in [4.69, 9.17) is 0 Å². The van der Waals surface area contributed by atoms with E-state index >= 15 is 0 Å². The van der Waals surface area contributed by atoms with E-state index in [0.717, 1.165) is 12.5 Å². The SMILES string of the molecule is O=Cc1ccc(OC(F)(F)F)c(-c2ncon2)c1. The van der Waals surface area contributed by atoms with Gasteiger partial charge in [0.15, 0.2) is 0 Å². The number of hydrogen-bond acceptors (Lipinski definition) is 5. The normalized spacial score (nSPS) is 11.3. The van der Waals surface area contributed by atoms with Gasteiger partial charge in [-0.3, -0.25) is 4.79 Å². The summed E-state index contributed by atoms with van der Waals surface area (Å²) in [5.41, 5.74) is 0.0926. The second-order valence-corrected chi connectivity index (χ2v) is 3.18. The minimum atomic E-state index is -4.85. The van der Waals surface area contributed by atoms with Gasteiger partial charge in [-0.1, -0.05) is 5.16 Å². The lowest BCUT2D eigenvalue weighted by atomic mass is 10.1. The maximum absolute atomic E-state index is 12.2. The highest BCUT2D eigenvalue weighted by atomic mass is 19.4. The first-order valence-electron chi connectivity index (χ1n) is 4.61. The van der Waals surface area contributed by atoms with E-state index in [-0.39, 0.29) is 17.0 Å². The van der Waals surface area contributed by atoms with Crippen LogP contribution < -0.4 is 4.74 Å². The summed E-state index contributed by atoms with van der Waals surface area (Å²) in [6.07, 6.45) is -3.40. The topological polar surface area (TPSA) is 65.2 Å². The Labute approximate surface area is 98.2 Å². The van der Waals surface area contributed by atoms with Crippen LogP contribution in [0.4, 0.5) is 13.2 Å². The molecule has 18 heavy (non-hydrogen) atoms. The Morgan fingerprint density at radius 1 is 1.33 bits per heavy atom. The zero-order chi connectivity index (χ0) is 13.2. The predicted octanol–water partition coefficient (Wildman–Crippen LogP) is 2.45. The van der Waals surface area contributed by atoms with Gasteiger partial charge in [0.1, 0.15) is 12.0 Å². The maximum atomic E-state index is 12.2. The summed E-state index contributed by atoms with van der Waals surface area (Å²) in [4.78, 5) is 14.2. The van der Waals surface area contributed by atoms with Crippen LogP contribution >= 0.6 is 0 Å². The van der Waals surface area contributed by atoms with Crippen molar-refractivity contribution in [2.24, 2.45) is 0 Å². The number of ether oxygens (including phenoxy) is 1. The summed E-state index contributed by atoms with van der Waals surface area (Å²) in [6.45, 7) is 0. The molecule has 0 amide bonds. The first-order chi connectivity index (χ1) is 8.49. The summed E-state index contributed by atoms with van der Waals surface area (Å²) in [6, 6.07) is 3.39. The van der Waals surface area contributed by atoms with Gasteiger partial charge < -0.3 is 9.26 Å². The van der Waals surface area contributed by atoms with Gasteiger partial charge in [0.2, 0.25) is 12.2 Å². The van der Waals surface area contributed by atoms with Gasteiger partial charge in [-0.15, -0.1) is 13.2 Å². The largest absolute Gasteiger partial charge is 0.573 e. The van der Waals surface area contributed by atoms with Crippen LogP contribution in [0.15, 0.2) is 29.1 Å². The molecule has 2 aromatic rings. The average molecular weight is 258 g/mol. The van der Waals surface area contributed by atoms with Gasteiger partial charge >= 0.3 is 6.36 Å². The minimum absolute atomic E-state index is 0.0781. The Bertz CT molecular complexity index is 552. The fourth-order valence-corrected chi connectivity index (χ4v) is 1.30. The molecule has 0 N–H and O–H groups in total. The molecule has 1 aromatic carbocycles. The van der Waals surface area contributed by atoms with Crippen LogP contribution in [-0.4, -0.2) is 22.8 Å². The highest BCUT2D eigenvalue weighted by Crippen LogP contribution is 2.32. The Kier molecular flexibility index (Phi) is 3.00. The van der Waals surface area contributed by atoms with Crippen LogP contribution in [0.2, 0.25) is 0 Å². The van der Waals surface area contributed by atoms with Crippen LogP contribution in [0.5, 0.6) is 5.75 Å². The predicted molar refractivity (Wildman–Crippen MR) is 51.8 cm³/mol. The number of hydrogen-bond donors (Lipinski definition) is 0. The summed E-state index contributed by atoms with van der Waals surface area (Å²) >= 11 is 0. The fourth-order valence-electron chi connectivity index (χ4n) is 1.30. The third kappa shape index (κ3) is 2.65. The lowest BCUT2D eigenvalue weighted by Gasteiger charge is -2.11. The zero-order valence-corrected chi connectivity index (χ0v) is 8.64. The van der Waals surface area contributed by atoms with E-state index in [9.17, 15) is 18.0 Å². The van der Waals surface area contributed by atoms with Crippen molar-refractivity contribution in [2.45, 2.75) is 6.36 Å². The van der Waals surface area contributed by atoms with E-state index in [0.29, 0.717) is 6.29 Å². The number of aldehydes is 1. The molecule has 2 rings (SSSR count). The summed E-state index contributed by atoms with van der Waals surface area (Å²) in [7, 11) is 0. The molecule has 0 aliphatic rings. The molecule has 0 atom stereocenters. The van der Waals surface area contributed by atoms with E-state index in [1.807, 2.05) is 0 Å². The maximum Gasteiger partial charge on any atom is 0.573 e. The number of halogens is 3. The van der Waals surface area contributed by atoms with Crippen molar-refractivity contribution < 1.29 is 27.2 Å². The molecule has 0 bridgehead atoms. The summed E-state index contributed by atoms with van der Waals surface area (Å²) in [5, 5.41) is 3.40. The fraction of sp³-hybridized carbons (Fsp3) is 0.100. The molecule has 0 aliphatic heterocycles. The molecule has 0 unspecified atom stereocenters. The number of aromatic nitrogens is 2. The molecular weight excluding hydrogens is 253 g/mol. The van der Waals surface area contributed by atoms with Crippen molar-refractivity contribution in [3.05, 3.63) is 30.2 Å². The van der Waals surface area contributed by atoms with Crippen molar-refractivity contribution in [3.63, 3.8) is 0 Å². The molecule has 1 heterocycles. The molecule has 1 aromatic heterocycles. The van der Waals surface area contributed by atoms with Crippen LogP contribution in [0.3, 0.4) is 0 Å². The van der Waals surface area contributed by atoms with E-state index < -0.39 is 12.1 Å². The number of nitrogens with zero attached hydrogens (tertiary/aromatic N) is 2. The van der Waals surface area contributed by atoms with Crippen LogP contribution in [0.25, 0.3) is 11.4 Å². The quantitative estimate of drug-likeness (QED) is 0.791. The Hall–Kier alpha value is -2.38. The molecule has 5 nitrogen and oxygen atoms in total. The molecular formula is C10H5F3N2O3. The van der Waals surface area contributed by atoms with Crippen molar-refractivity contribution >= 4 is 6.29 Å². The van der Waals surface area contributed by atoms with Crippen LogP contribution in [0, 0.1) is 0 Å². The first kappa shape index (κ1) is 12.1. The van der Waals surface area contributed by atoms with Crippen molar-refractivity contribution in [1.82, 2.24) is 10.1 Å². The average Bonchev–Trinajstić information content (AvgIpc) is 2.81. The molecule has 0 saturated heterocycles. The number of carbonyl (C=O) groups is 1. The van der Waals surface area contributed by atoms with Crippen molar-refractivity contribution in [1.29, 1.82) is 0 Å². The molecule has 94 valence electrons. The standard InChI is InChI=1S/C10H5F3N2O3/c11-10(12,13)18-8-2-1-6(4-16)3-7(8)9-14-5-17-15-9/h1-5H. The highest BCUT2D eigenvalue weighted by molar-refractivity contribution is 5.79. The van der Waals surface area contributed by atoms with Gasteiger partial charge in [0.25, 0.3) is 0 Å². The Balaban J connectivity index is 2.49. The molecule has 0 saturated carbocycles. The summed E-state index contributed by atoms with van der Waals surface area (Å²) < 4.78 is 44.8. The number of rotatable bonds is 3. The number of alkyl halides is 3. The van der Waals surface area contributed by atoms with E-state index in [2.05, 4.69) is 19.4 Å². The molecule has 8 heteroatoms. The Morgan fingerprint density at radius 3 is 2.67 bits per heavy atom. The van der Waals surface area contributed by atoms with Crippen LogP contribution in [0.1, 0.15) is 10.4 Å². The van der Waals surface area contributed by atoms with Crippen molar-refractivity contribution in [2.75, 3.05) is 0 Å². The van der Waals surface area contributed by atoms with Crippen LogP contribution in [-0.2, 0) is 0 Å². The van der Waals surface area contributed by atoms with Gasteiger partial charge in [-0.05, 0) is 18.2 Å². The minimum Gasteiger partial charge on any atom is -0.405 e. The number of benzene rings is 1. The van der Waals surface area contributed by atoms with Gasteiger partial charge in [-0.25, -0.2) is 0 Å². The lowest BCUT2D eigenvalue weighted by Crippen LogP contribution is -2.17. The Morgan fingerprint density at radius 2 is 2.11 bits per heavy atom. The van der Waals surface area contributed by atoms with Gasteiger partial charge in [0.05, 0.1) is 5.56 Å². The monoisotopic (exact) mass is 258 g/mol. The smallest absolute Gasteiger partial charge is 0.405 e. The molecule has 0 spiro atoms. The number of carbonyl (C=O) groups excluding carboxylic acids is 1. The zero-order valence-electron chi connectivity index (χ0n) is 8.64. The second-order valence-electron chi connectivity index (χ2n) is 3.18. The third-order valence-corrected chi connectivity index (χ3v) is 1.97. The third-order valence-electron chi connectivity index (χ3n) is 1.97. The first-order valence-corrected chi connectivity index (χ1v) is 4.61. The second kappa shape index (κ2) is 4.47.